The van der Waals surface area contributed by atoms with Crippen LogP contribution in [0.2, 0.25) is 0 Å². The van der Waals surface area contributed by atoms with Gasteiger partial charge >= 0.3 is 0 Å². The van der Waals surface area contributed by atoms with Crippen LogP contribution in [-0.2, 0) is 0 Å². The fourth-order valence-electron chi connectivity index (χ4n) is 0.728. The molecule has 1 aromatic rings. The summed E-state index contributed by atoms with van der Waals surface area (Å²) in [5.41, 5.74) is 0. The predicted molar refractivity (Wildman–Crippen MR) is 52.5 cm³/mol. The second kappa shape index (κ2) is 4.68. The number of halogens is 1. The molecule has 0 spiro atoms. The third kappa shape index (κ3) is 3.68. The second-order valence-electron chi connectivity index (χ2n) is 2.40. The van der Waals surface area contributed by atoms with E-state index in [0.717, 1.165) is 5.75 Å². The van der Waals surface area contributed by atoms with Crippen LogP contribution in [0.1, 0.15) is 6.92 Å². The molecule has 0 saturated heterocycles. The van der Waals surface area contributed by atoms with E-state index in [4.69, 9.17) is 11.6 Å². The highest BCUT2D eigenvalue weighted by atomic mass is 35.5. The fraction of sp³-hybridized carbons (Fsp3) is 0.333. The molecule has 0 aliphatic heterocycles. The normalized spacial score (nSPS) is 12.9. The summed E-state index contributed by atoms with van der Waals surface area (Å²) in [6.45, 7) is 2.01. The number of alkyl halides is 1. The molecule has 0 amide bonds. The zero-order valence-electron chi connectivity index (χ0n) is 6.46. The molecular weight excluding hydrogens is 176 g/mol. The first-order chi connectivity index (χ1) is 5.29. The Morgan fingerprint density at radius 2 is 2.00 bits per heavy atom. The minimum atomic E-state index is 0.250. The minimum Gasteiger partial charge on any atom is -0.125 e. The van der Waals surface area contributed by atoms with E-state index >= 15 is 0 Å². The highest BCUT2D eigenvalue weighted by molar-refractivity contribution is 7.99. The van der Waals surface area contributed by atoms with Gasteiger partial charge in [-0.1, -0.05) is 18.2 Å². The topological polar surface area (TPSA) is 0 Å². The van der Waals surface area contributed by atoms with Crippen molar-refractivity contribution in [2.45, 2.75) is 17.2 Å². The van der Waals surface area contributed by atoms with Crippen LogP contribution in [0.25, 0.3) is 0 Å². The van der Waals surface area contributed by atoms with Crippen molar-refractivity contribution in [2.24, 2.45) is 0 Å². The lowest BCUT2D eigenvalue weighted by atomic mass is 10.4. The molecule has 0 heterocycles. The molecule has 0 saturated carbocycles. The van der Waals surface area contributed by atoms with Crippen molar-refractivity contribution in [1.29, 1.82) is 0 Å². The first-order valence-electron chi connectivity index (χ1n) is 3.61. The molecule has 11 heavy (non-hydrogen) atoms. The Morgan fingerprint density at radius 3 is 2.55 bits per heavy atom. The summed E-state index contributed by atoms with van der Waals surface area (Å²) in [6, 6.07) is 10.3. The molecule has 0 N–H and O–H groups in total. The van der Waals surface area contributed by atoms with Gasteiger partial charge in [-0.15, -0.1) is 23.4 Å². The van der Waals surface area contributed by atoms with E-state index < -0.39 is 0 Å². The maximum absolute atomic E-state index is 5.81. The molecule has 1 aromatic carbocycles. The van der Waals surface area contributed by atoms with Crippen LogP contribution in [0.3, 0.4) is 0 Å². The summed E-state index contributed by atoms with van der Waals surface area (Å²) in [4.78, 5) is 1.29. The summed E-state index contributed by atoms with van der Waals surface area (Å²) in [5, 5.41) is 0.250. The molecule has 1 rings (SSSR count). The van der Waals surface area contributed by atoms with E-state index in [1.807, 2.05) is 25.1 Å². The maximum atomic E-state index is 5.81. The van der Waals surface area contributed by atoms with Gasteiger partial charge in [-0.25, -0.2) is 0 Å². The van der Waals surface area contributed by atoms with E-state index in [1.54, 1.807) is 11.8 Å². The van der Waals surface area contributed by atoms with Crippen molar-refractivity contribution in [3.63, 3.8) is 0 Å². The number of hydrogen-bond acceptors (Lipinski definition) is 1. The third-order valence-corrected chi connectivity index (χ3v) is 2.83. The van der Waals surface area contributed by atoms with Gasteiger partial charge in [-0.05, 0) is 19.1 Å². The Labute approximate surface area is 77.0 Å². The van der Waals surface area contributed by atoms with Crippen molar-refractivity contribution < 1.29 is 0 Å². The van der Waals surface area contributed by atoms with Crippen LogP contribution in [0.5, 0.6) is 0 Å². The van der Waals surface area contributed by atoms with E-state index in [1.165, 1.54) is 4.90 Å². The average molecular weight is 187 g/mol. The van der Waals surface area contributed by atoms with Gasteiger partial charge in [0.25, 0.3) is 0 Å². The highest BCUT2D eigenvalue weighted by Crippen LogP contribution is 2.19. The van der Waals surface area contributed by atoms with Crippen molar-refractivity contribution in [3.8, 4) is 0 Å². The molecule has 0 nitrogen and oxygen atoms in total. The van der Waals surface area contributed by atoms with Crippen molar-refractivity contribution in [1.82, 2.24) is 0 Å². The first kappa shape index (κ1) is 8.95. The van der Waals surface area contributed by atoms with E-state index in [9.17, 15) is 0 Å². The van der Waals surface area contributed by atoms with Gasteiger partial charge in [0.05, 0.1) is 0 Å². The van der Waals surface area contributed by atoms with Gasteiger partial charge in [0.2, 0.25) is 0 Å². The zero-order chi connectivity index (χ0) is 8.10. The molecule has 0 aromatic heterocycles. The molecule has 1 unspecified atom stereocenters. The largest absolute Gasteiger partial charge is 0.125 e. The molecule has 60 valence electrons. The quantitative estimate of drug-likeness (QED) is 0.515. The lowest BCUT2D eigenvalue weighted by Crippen LogP contribution is -1.93. The van der Waals surface area contributed by atoms with Gasteiger partial charge in [0.1, 0.15) is 0 Å². The Bertz CT molecular complexity index is 196. The molecule has 1 atom stereocenters. The van der Waals surface area contributed by atoms with Crippen LogP contribution < -0.4 is 0 Å². The average Bonchev–Trinajstić information content (AvgIpc) is 2.03. The molecule has 0 aliphatic rings. The zero-order valence-corrected chi connectivity index (χ0v) is 8.03. The highest BCUT2D eigenvalue weighted by Gasteiger charge is 1.96. The van der Waals surface area contributed by atoms with E-state index in [2.05, 4.69) is 12.1 Å². The van der Waals surface area contributed by atoms with Crippen molar-refractivity contribution >= 4 is 23.4 Å². The summed E-state index contributed by atoms with van der Waals surface area (Å²) in [6.07, 6.45) is 0. The minimum absolute atomic E-state index is 0.250. The Kier molecular flexibility index (Phi) is 3.81. The second-order valence-corrected chi connectivity index (χ2v) is 4.24. The monoisotopic (exact) mass is 186 g/mol. The summed E-state index contributed by atoms with van der Waals surface area (Å²) >= 11 is 7.60. The summed E-state index contributed by atoms with van der Waals surface area (Å²) in [5.74, 6) is 0.978. The molecular formula is C9H11ClS. The molecule has 0 aliphatic carbocycles. The molecule has 2 heteroatoms. The van der Waals surface area contributed by atoms with E-state index in [0.29, 0.717) is 0 Å². The summed E-state index contributed by atoms with van der Waals surface area (Å²) in [7, 11) is 0. The van der Waals surface area contributed by atoms with Crippen LogP contribution in [0, 0.1) is 0 Å². The predicted octanol–water partition coefficient (Wildman–Crippen LogP) is 3.41. The number of benzene rings is 1. The van der Waals surface area contributed by atoms with Gasteiger partial charge in [-0.2, -0.15) is 0 Å². The molecule has 0 fully saturated rings. The van der Waals surface area contributed by atoms with Gasteiger partial charge in [0, 0.05) is 16.0 Å². The SMILES string of the molecule is CC(Cl)CSc1ccccc1. The van der Waals surface area contributed by atoms with Crippen LogP contribution in [0.4, 0.5) is 0 Å². The number of hydrogen-bond donors (Lipinski definition) is 0. The van der Waals surface area contributed by atoms with Crippen LogP contribution in [-0.4, -0.2) is 11.1 Å². The third-order valence-electron chi connectivity index (χ3n) is 1.22. The standard InChI is InChI=1S/C9H11ClS/c1-8(10)7-11-9-5-3-2-4-6-9/h2-6,8H,7H2,1H3. The lowest BCUT2D eigenvalue weighted by Gasteiger charge is -2.01. The smallest absolute Gasteiger partial charge is 0.0401 e. The fourth-order valence-corrected chi connectivity index (χ4v) is 1.69. The number of rotatable bonds is 3. The first-order valence-corrected chi connectivity index (χ1v) is 5.03. The Morgan fingerprint density at radius 1 is 1.36 bits per heavy atom. The molecule has 0 radical (unpaired) electrons. The van der Waals surface area contributed by atoms with Gasteiger partial charge < -0.3 is 0 Å². The lowest BCUT2D eigenvalue weighted by molar-refractivity contribution is 1.11. The van der Waals surface area contributed by atoms with Gasteiger partial charge in [0.15, 0.2) is 0 Å². The summed E-state index contributed by atoms with van der Waals surface area (Å²) < 4.78 is 0. The van der Waals surface area contributed by atoms with Gasteiger partial charge in [-0.3, -0.25) is 0 Å². The Balaban J connectivity index is 2.39. The maximum Gasteiger partial charge on any atom is 0.0401 e. The Hall–Kier alpha value is -0.140. The van der Waals surface area contributed by atoms with Crippen LogP contribution in [0.15, 0.2) is 35.2 Å². The van der Waals surface area contributed by atoms with E-state index in [-0.39, 0.29) is 5.38 Å². The number of thioether (sulfide) groups is 1. The van der Waals surface area contributed by atoms with Crippen LogP contribution >= 0.6 is 23.4 Å². The molecule has 0 bridgehead atoms. The van der Waals surface area contributed by atoms with Crippen molar-refractivity contribution in [2.75, 3.05) is 5.75 Å². The van der Waals surface area contributed by atoms with Crippen molar-refractivity contribution in [3.05, 3.63) is 30.3 Å².